The first-order chi connectivity index (χ1) is 7.01. The Morgan fingerprint density at radius 3 is 2.47 bits per heavy atom. The Bertz CT molecular complexity index is 332. The summed E-state index contributed by atoms with van der Waals surface area (Å²) in [6.07, 6.45) is 0. The fraction of sp³-hybridized carbons (Fsp3) is 0.500. The van der Waals surface area contributed by atoms with E-state index in [4.69, 9.17) is 9.47 Å². The van der Waals surface area contributed by atoms with Crippen LogP contribution in [0, 0.1) is 6.92 Å². The van der Waals surface area contributed by atoms with Gasteiger partial charge in [0, 0.05) is 7.11 Å². The van der Waals surface area contributed by atoms with Crippen LogP contribution in [-0.2, 0) is 10.3 Å². The lowest BCUT2D eigenvalue weighted by Crippen LogP contribution is -2.28. The molecule has 84 valence electrons. The summed E-state index contributed by atoms with van der Waals surface area (Å²) in [5.74, 6) is 0.796. The smallest absolute Gasteiger partial charge is 0.119 e. The first-order valence-corrected chi connectivity index (χ1v) is 4.87. The third-order valence-electron chi connectivity index (χ3n) is 2.44. The average molecular weight is 210 g/mol. The van der Waals surface area contributed by atoms with Gasteiger partial charge >= 0.3 is 0 Å². The van der Waals surface area contributed by atoms with E-state index in [2.05, 4.69) is 0 Å². The van der Waals surface area contributed by atoms with Crippen LogP contribution < -0.4 is 4.74 Å². The standard InChI is InChI=1S/C12H18O3/c1-9-7-10(15-4)5-6-11(9)12(2,13)8-14-3/h5-7,13H,8H2,1-4H3. The quantitative estimate of drug-likeness (QED) is 0.824. The van der Waals surface area contributed by atoms with Gasteiger partial charge in [-0.3, -0.25) is 0 Å². The van der Waals surface area contributed by atoms with Crippen LogP contribution in [-0.4, -0.2) is 25.9 Å². The molecule has 0 saturated carbocycles. The first-order valence-electron chi connectivity index (χ1n) is 4.87. The predicted molar refractivity (Wildman–Crippen MR) is 59.2 cm³/mol. The molecule has 0 aromatic heterocycles. The van der Waals surface area contributed by atoms with Gasteiger partial charge in [0.05, 0.1) is 13.7 Å². The summed E-state index contributed by atoms with van der Waals surface area (Å²) in [6, 6.07) is 5.61. The summed E-state index contributed by atoms with van der Waals surface area (Å²) in [5, 5.41) is 10.2. The largest absolute Gasteiger partial charge is 0.497 e. The van der Waals surface area contributed by atoms with E-state index in [9.17, 15) is 5.11 Å². The van der Waals surface area contributed by atoms with Crippen LogP contribution in [0.15, 0.2) is 18.2 Å². The highest BCUT2D eigenvalue weighted by Crippen LogP contribution is 2.27. The number of benzene rings is 1. The molecule has 3 heteroatoms. The Hall–Kier alpha value is -1.06. The van der Waals surface area contributed by atoms with Crippen LogP contribution in [0.3, 0.4) is 0 Å². The number of hydrogen-bond acceptors (Lipinski definition) is 3. The highest BCUT2D eigenvalue weighted by atomic mass is 16.5. The molecule has 0 saturated heterocycles. The SMILES string of the molecule is COCC(C)(O)c1ccc(OC)cc1C. The molecule has 3 nitrogen and oxygen atoms in total. The van der Waals surface area contributed by atoms with E-state index in [0.29, 0.717) is 0 Å². The summed E-state index contributed by atoms with van der Waals surface area (Å²) in [7, 11) is 3.20. The van der Waals surface area contributed by atoms with Gasteiger partial charge in [-0.15, -0.1) is 0 Å². The zero-order chi connectivity index (χ0) is 11.5. The third-order valence-corrected chi connectivity index (χ3v) is 2.44. The van der Waals surface area contributed by atoms with Crippen molar-refractivity contribution in [1.29, 1.82) is 0 Å². The van der Waals surface area contributed by atoms with Crippen LogP contribution in [0.2, 0.25) is 0 Å². The maximum Gasteiger partial charge on any atom is 0.119 e. The van der Waals surface area contributed by atoms with Crippen molar-refractivity contribution in [2.75, 3.05) is 20.8 Å². The Morgan fingerprint density at radius 2 is 2.00 bits per heavy atom. The molecular weight excluding hydrogens is 192 g/mol. The third kappa shape index (κ3) is 2.70. The minimum atomic E-state index is -0.953. The molecule has 1 unspecified atom stereocenters. The zero-order valence-electron chi connectivity index (χ0n) is 9.70. The van der Waals surface area contributed by atoms with E-state index >= 15 is 0 Å². The predicted octanol–water partition coefficient (Wildman–Crippen LogP) is 1.86. The van der Waals surface area contributed by atoms with Crippen molar-refractivity contribution in [2.45, 2.75) is 19.4 Å². The molecular formula is C12H18O3. The van der Waals surface area contributed by atoms with Gasteiger partial charge < -0.3 is 14.6 Å². The molecule has 15 heavy (non-hydrogen) atoms. The summed E-state index contributed by atoms with van der Waals surface area (Å²) >= 11 is 0. The summed E-state index contributed by atoms with van der Waals surface area (Å²) in [6.45, 7) is 3.97. The highest BCUT2D eigenvalue weighted by Gasteiger charge is 2.24. The summed E-state index contributed by atoms with van der Waals surface area (Å²) in [5.41, 5.74) is 0.909. The van der Waals surface area contributed by atoms with Crippen LogP contribution in [0.5, 0.6) is 5.75 Å². The van der Waals surface area contributed by atoms with Gasteiger partial charge in [0.2, 0.25) is 0 Å². The molecule has 1 atom stereocenters. The van der Waals surface area contributed by atoms with E-state index in [1.165, 1.54) is 0 Å². The van der Waals surface area contributed by atoms with Crippen LogP contribution >= 0.6 is 0 Å². The van der Waals surface area contributed by atoms with Crippen molar-refractivity contribution < 1.29 is 14.6 Å². The molecule has 1 aromatic carbocycles. The molecule has 0 spiro atoms. The molecule has 0 fully saturated rings. The lowest BCUT2D eigenvalue weighted by Gasteiger charge is -2.25. The number of rotatable bonds is 4. The topological polar surface area (TPSA) is 38.7 Å². The van der Waals surface area contributed by atoms with Crippen molar-refractivity contribution in [2.24, 2.45) is 0 Å². The second-order valence-electron chi connectivity index (χ2n) is 3.89. The van der Waals surface area contributed by atoms with E-state index < -0.39 is 5.60 Å². The Kier molecular flexibility index (Phi) is 3.72. The van der Waals surface area contributed by atoms with Gasteiger partial charge in [0.25, 0.3) is 0 Å². The lowest BCUT2D eigenvalue weighted by molar-refractivity contribution is -0.0212. The van der Waals surface area contributed by atoms with Gasteiger partial charge in [-0.2, -0.15) is 0 Å². The van der Waals surface area contributed by atoms with Crippen molar-refractivity contribution in [3.63, 3.8) is 0 Å². The van der Waals surface area contributed by atoms with Gasteiger partial charge in [-0.1, -0.05) is 6.07 Å². The van der Waals surface area contributed by atoms with Crippen LogP contribution in [0.4, 0.5) is 0 Å². The van der Waals surface area contributed by atoms with Gasteiger partial charge in [0.1, 0.15) is 11.4 Å². The molecule has 0 heterocycles. The monoisotopic (exact) mass is 210 g/mol. The first kappa shape index (κ1) is 12.0. The average Bonchev–Trinajstić information content (AvgIpc) is 2.17. The number of aliphatic hydroxyl groups is 1. The maximum absolute atomic E-state index is 10.2. The zero-order valence-corrected chi connectivity index (χ0v) is 9.70. The van der Waals surface area contributed by atoms with E-state index in [1.54, 1.807) is 21.1 Å². The number of ether oxygens (including phenoxy) is 2. The van der Waals surface area contributed by atoms with Gasteiger partial charge in [0.15, 0.2) is 0 Å². The molecule has 1 aromatic rings. The molecule has 1 N–H and O–H groups in total. The fourth-order valence-electron chi connectivity index (χ4n) is 1.73. The van der Waals surface area contributed by atoms with Crippen molar-refractivity contribution in [1.82, 2.24) is 0 Å². The van der Waals surface area contributed by atoms with Crippen LogP contribution in [0.25, 0.3) is 0 Å². The molecule has 0 radical (unpaired) electrons. The van der Waals surface area contributed by atoms with Crippen LogP contribution in [0.1, 0.15) is 18.1 Å². The second kappa shape index (κ2) is 4.64. The number of methoxy groups -OCH3 is 2. The Labute approximate surface area is 90.6 Å². The lowest BCUT2D eigenvalue weighted by atomic mass is 9.92. The Morgan fingerprint density at radius 1 is 1.33 bits per heavy atom. The molecule has 0 amide bonds. The molecule has 0 aliphatic carbocycles. The molecule has 0 aliphatic heterocycles. The maximum atomic E-state index is 10.2. The van der Waals surface area contributed by atoms with Crippen molar-refractivity contribution in [3.05, 3.63) is 29.3 Å². The number of aryl methyl sites for hydroxylation is 1. The summed E-state index contributed by atoms with van der Waals surface area (Å²) in [4.78, 5) is 0. The minimum Gasteiger partial charge on any atom is -0.497 e. The van der Waals surface area contributed by atoms with Gasteiger partial charge in [-0.25, -0.2) is 0 Å². The molecule has 0 bridgehead atoms. The van der Waals surface area contributed by atoms with Crippen molar-refractivity contribution >= 4 is 0 Å². The molecule has 0 aliphatic rings. The second-order valence-corrected chi connectivity index (χ2v) is 3.89. The van der Waals surface area contributed by atoms with E-state index in [0.717, 1.165) is 16.9 Å². The minimum absolute atomic E-state index is 0.278. The Balaban J connectivity index is 3.04. The fourth-order valence-corrected chi connectivity index (χ4v) is 1.73. The normalized spacial score (nSPS) is 14.7. The van der Waals surface area contributed by atoms with E-state index in [-0.39, 0.29) is 6.61 Å². The number of hydrogen-bond donors (Lipinski definition) is 1. The van der Waals surface area contributed by atoms with E-state index in [1.807, 2.05) is 25.1 Å². The van der Waals surface area contributed by atoms with Crippen molar-refractivity contribution in [3.8, 4) is 5.75 Å². The van der Waals surface area contributed by atoms with Gasteiger partial charge in [-0.05, 0) is 37.1 Å². The summed E-state index contributed by atoms with van der Waals surface area (Å²) < 4.78 is 10.1. The molecule has 1 rings (SSSR count). The highest BCUT2D eigenvalue weighted by molar-refractivity contribution is 5.37.